The zero-order chi connectivity index (χ0) is 17.9. The number of hydrogen-bond acceptors (Lipinski definition) is 6. The third kappa shape index (κ3) is 3.47. The Morgan fingerprint density at radius 2 is 1.96 bits per heavy atom. The van der Waals surface area contributed by atoms with E-state index in [9.17, 15) is 8.42 Å². The molecule has 0 saturated carbocycles. The second-order valence-corrected chi connectivity index (χ2v) is 7.36. The van der Waals surface area contributed by atoms with Crippen molar-refractivity contribution in [2.45, 2.75) is 25.3 Å². The number of anilines is 1. The number of pyridine rings is 2. The zero-order valence-corrected chi connectivity index (χ0v) is 14.9. The van der Waals surface area contributed by atoms with Crippen LogP contribution in [0.1, 0.15) is 19.4 Å². The normalized spacial score (nSPS) is 12.0. The molecule has 0 aromatic carbocycles. The van der Waals surface area contributed by atoms with Crippen LogP contribution in [0.5, 0.6) is 0 Å². The number of hydrogen-bond donors (Lipinski definition) is 1. The fraction of sp³-hybridized carbons (Fsp3) is 0.312. The molecule has 9 heteroatoms. The second-order valence-electron chi connectivity index (χ2n) is 5.42. The molecule has 0 aliphatic carbocycles. The molecular weight excluding hydrogens is 340 g/mol. The number of fused-ring (bicyclic) bond motifs is 1. The molecule has 3 aromatic heterocycles. The van der Waals surface area contributed by atoms with Crippen LogP contribution >= 0.6 is 0 Å². The van der Waals surface area contributed by atoms with Crippen LogP contribution in [0, 0.1) is 0 Å². The first-order valence-corrected chi connectivity index (χ1v) is 9.48. The molecule has 3 aromatic rings. The predicted molar refractivity (Wildman–Crippen MR) is 94.7 cm³/mol. The van der Waals surface area contributed by atoms with Crippen molar-refractivity contribution in [3.63, 3.8) is 0 Å². The van der Waals surface area contributed by atoms with Crippen molar-refractivity contribution in [2.24, 2.45) is 0 Å². The summed E-state index contributed by atoms with van der Waals surface area (Å²) >= 11 is 0. The fourth-order valence-corrected chi connectivity index (χ4v) is 4.00. The van der Waals surface area contributed by atoms with Crippen LogP contribution in [0.25, 0.3) is 5.65 Å². The summed E-state index contributed by atoms with van der Waals surface area (Å²) in [5.74, 6) is 0.482. The van der Waals surface area contributed by atoms with Crippen LogP contribution in [0.4, 0.5) is 5.95 Å². The first-order valence-electron chi connectivity index (χ1n) is 8.04. The maximum absolute atomic E-state index is 12.7. The van der Waals surface area contributed by atoms with Gasteiger partial charge in [0.2, 0.25) is 16.0 Å². The lowest BCUT2D eigenvalue weighted by atomic mass is 10.3. The highest BCUT2D eigenvalue weighted by Crippen LogP contribution is 2.18. The first kappa shape index (κ1) is 17.3. The van der Waals surface area contributed by atoms with Gasteiger partial charge >= 0.3 is 0 Å². The molecule has 0 unspecified atom stereocenters. The van der Waals surface area contributed by atoms with Crippen molar-refractivity contribution in [1.29, 1.82) is 0 Å². The lowest BCUT2D eigenvalue weighted by molar-refractivity contribution is 0.445. The summed E-state index contributed by atoms with van der Waals surface area (Å²) < 4.78 is 28.5. The van der Waals surface area contributed by atoms with E-state index < -0.39 is 10.0 Å². The van der Waals surface area contributed by atoms with Crippen molar-refractivity contribution in [1.82, 2.24) is 23.9 Å². The maximum Gasteiger partial charge on any atom is 0.244 e. The fourth-order valence-electron chi connectivity index (χ4n) is 2.54. The van der Waals surface area contributed by atoms with E-state index >= 15 is 0 Å². The Morgan fingerprint density at radius 3 is 2.64 bits per heavy atom. The molecule has 0 atom stereocenters. The summed E-state index contributed by atoms with van der Waals surface area (Å²) in [5.41, 5.74) is 1.57. The Labute approximate surface area is 146 Å². The molecular formula is C16H20N6O2S. The summed E-state index contributed by atoms with van der Waals surface area (Å²) in [6, 6.07) is 7.01. The standard InChI is InChI=1S/C16H20N6O2S/c1-3-21(4-2)25(23,24)14-7-8-15-19-20-16(22(15)12-14)18-11-13-6-5-9-17-10-13/h5-10,12H,3-4,11H2,1-2H3,(H,18,20). The summed E-state index contributed by atoms with van der Waals surface area (Å²) in [6.45, 7) is 5.00. The van der Waals surface area contributed by atoms with Crippen molar-refractivity contribution in [3.8, 4) is 0 Å². The zero-order valence-electron chi connectivity index (χ0n) is 14.1. The SMILES string of the molecule is CCN(CC)S(=O)(=O)c1ccc2nnc(NCc3cccnc3)n2c1. The summed E-state index contributed by atoms with van der Waals surface area (Å²) in [7, 11) is -3.54. The van der Waals surface area contributed by atoms with Gasteiger partial charge < -0.3 is 5.32 Å². The van der Waals surface area contributed by atoms with E-state index in [2.05, 4.69) is 20.5 Å². The number of nitrogens with zero attached hydrogens (tertiary/aromatic N) is 5. The molecule has 3 heterocycles. The number of sulfonamides is 1. The van der Waals surface area contributed by atoms with Crippen LogP contribution in [0.2, 0.25) is 0 Å². The third-order valence-electron chi connectivity index (χ3n) is 3.89. The van der Waals surface area contributed by atoms with Gasteiger partial charge in [0.05, 0.1) is 4.90 Å². The molecule has 0 bridgehead atoms. The molecule has 3 rings (SSSR count). The molecule has 8 nitrogen and oxygen atoms in total. The number of rotatable bonds is 7. The van der Waals surface area contributed by atoms with Crippen molar-refractivity contribution < 1.29 is 8.42 Å². The Morgan fingerprint density at radius 1 is 1.16 bits per heavy atom. The molecule has 0 aliphatic heterocycles. The van der Waals surface area contributed by atoms with Gasteiger partial charge in [-0.1, -0.05) is 19.9 Å². The monoisotopic (exact) mass is 360 g/mol. The number of aromatic nitrogens is 4. The van der Waals surface area contributed by atoms with Gasteiger partial charge in [-0.2, -0.15) is 4.31 Å². The van der Waals surface area contributed by atoms with Crippen molar-refractivity contribution in [2.75, 3.05) is 18.4 Å². The van der Waals surface area contributed by atoms with E-state index in [0.717, 1.165) is 5.56 Å². The van der Waals surface area contributed by atoms with Crippen molar-refractivity contribution in [3.05, 3.63) is 48.4 Å². The Balaban J connectivity index is 1.92. The molecule has 0 aliphatic rings. The molecule has 0 saturated heterocycles. The molecule has 1 N–H and O–H groups in total. The van der Waals surface area contributed by atoms with E-state index in [4.69, 9.17) is 0 Å². The van der Waals surface area contributed by atoms with E-state index in [0.29, 0.717) is 31.2 Å². The predicted octanol–water partition coefficient (Wildman–Crippen LogP) is 1.77. The van der Waals surface area contributed by atoms with Gasteiger partial charge in [-0.15, -0.1) is 10.2 Å². The highest BCUT2D eigenvalue weighted by atomic mass is 32.2. The van der Waals surface area contributed by atoms with Gasteiger partial charge in [0.15, 0.2) is 5.65 Å². The van der Waals surface area contributed by atoms with Gasteiger partial charge in [0.25, 0.3) is 0 Å². The third-order valence-corrected chi connectivity index (χ3v) is 5.93. The quantitative estimate of drug-likeness (QED) is 0.690. The van der Waals surface area contributed by atoms with Crippen LogP contribution < -0.4 is 5.32 Å². The minimum absolute atomic E-state index is 0.216. The van der Waals surface area contributed by atoms with E-state index in [-0.39, 0.29) is 4.90 Å². The summed E-state index contributed by atoms with van der Waals surface area (Å²) in [5, 5.41) is 11.3. The minimum Gasteiger partial charge on any atom is -0.350 e. The average molecular weight is 360 g/mol. The molecule has 0 fully saturated rings. The maximum atomic E-state index is 12.7. The highest BCUT2D eigenvalue weighted by Gasteiger charge is 2.22. The van der Waals surface area contributed by atoms with Gasteiger partial charge in [-0.05, 0) is 23.8 Å². The van der Waals surface area contributed by atoms with Crippen LogP contribution in [0.3, 0.4) is 0 Å². The minimum atomic E-state index is -3.54. The van der Waals surface area contributed by atoms with E-state index in [1.54, 1.807) is 35.1 Å². The van der Waals surface area contributed by atoms with Crippen LogP contribution in [-0.4, -0.2) is 45.4 Å². The van der Waals surface area contributed by atoms with E-state index in [1.807, 2.05) is 26.0 Å². The molecule has 0 spiro atoms. The summed E-state index contributed by atoms with van der Waals surface area (Å²) in [4.78, 5) is 4.28. The molecule has 132 valence electrons. The second kappa shape index (κ2) is 7.16. The number of nitrogens with one attached hydrogen (secondary N) is 1. The topological polar surface area (TPSA) is 92.5 Å². The Kier molecular flexibility index (Phi) is 4.95. The van der Waals surface area contributed by atoms with Gasteiger partial charge in [0, 0.05) is 38.2 Å². The largest absolute Gasteiger partial charge is 0.350 e. The first-order chi connectivity index (χ1) is 12.1. The summed E-state index contributed by atoms with van der Waals surface area (Å²) in [6.07, 6.45) is 5.02. The lowest BCUT2D eigenvalue weighted by Gasteiger charge is -2.18. The lowest BCUT2D eigenvalue weighted by Crippen LogP contribution is -2.30. The average Bonchev–Trinajstić information content (AvgIpc) is 3.04. The van der Waals surface area contributed by atoms with Gasteiger partial charge in [0.1, 0.15) is 0 Å². The Bertz CT molecular complexity index is 951. The molecule has 0 amide bonds. The Hall–Kier alpha value is -2.52. The van der Waals surface area contributed by atoms with Crippen molar-refractivity contribution >= 4 is 21.6 Å². The molecule has 25 heavy (non-hydrogen) atoms. The van der Waals surface area contributed by atoms with Crippen LogP contribution in [0.15, 0.2) is 47.8 Å². The van der Waals surface area contributed by atoms with Gasteiger partial charge in [-0.3, -0.25) is 9.38 Å². The smallest absolute Gasteiger partial charge is 0.244 e. The van der Waals surface area contributed by atoms with Gasteiger partial charge in [-0.25, -0.2) is 8.42 Å². The molecule has 0 radical (unpaired) electrons. The highest BCUT2D eigenvalue weighted by molar-refractivity contribution is 7.89. The van der Waals surface area contributed by atoms with E-state index in [1.165, 1.54) is 4.31 Å². The van der Waals surface area contributed by atoms with Crippen LogP contribution in [-0.2, 0) is 16.6 Å².